The fourth-order valence-corrected chi connectivity index (χ4v) is 6.25. The molecule has 1 saturated carbocycles. The van der Waals surface area contributed by atoms with Crippen LogP contribution in [0.2, 0.25) is 5.02 Å². The van der Waals surface area contributed by atoms with Crippen LogP contribution in [0.4, 0.5) is 17.5 Å². The van der Waals surface area contributed by atoms with E-state index in [-0.39, 0.29) is 17.3 Å². The number of pyridine rings is 1. The topological polar surface area (TPSA) is 129 Å². The van der Waals surface area contributed by atoms with Crippen molar-refractivity contribution < 1.29 is 4.74 Å². The SMILES string of the molecule is Nc1nc(N2CCC3(CC2)CC2OCCC2C3N)cnc1Sc1ccnc(N)c1Cl. The summed E-state index contributed by atoms with van der Waals surface area (Å²) < 4.78 is 5.92. The molecule has 2 saturated heterocycles. The summed E-state index contributed by atoms with van der Waals surface area (Å²) in [6.45, 7) is 2.67. The predicted octanol–water partition coefficient (Wildman–Crippen LogP) is 2.56. The first-order chi connectivity index (χ1) is 14.5. The number of piperidine rings is 1. The maximum absolute atomic E-state index is 6.68. The normalized spacial score (nSPS) is 27.5. The van der Waals surface area contributed by atoms with E-state index in [1.807, 2.05) is 0 Å². The number of rotatable bonds is 3. The molecular weight excluding hydrogens is 422 g/mol. The van der Waals surface area contributed by atoms with Crippen molar-refractivity contribution in [2.24, 2.45) is 17.1 Å². The number of aromatic nitrogens is 3. The van der Waals surface area contributed by atoms with Crippen LogP contribution >= 0.6 is 23.4 Å². The van der Waals surface area contributed by atoms with Crippen LogP contribution in [0.15, 0.2) is 28.4 Å². The summed E-state index contributed by atoms with van der Waals surface area (Å²) in [6, 6.07) is 2.02. The van der Waals surface area contributed by atoms with Crippen LogP contribution in [0.1, 0.15) is 25.7 Å². The first-order valence-corrected chi connectivity index (χ1v) is 11.5. The van der Waals surface area contributed by atoms with Crippen LogP contribution in [-0.4, -0.2) is 46.8 Å². The van der Waals surface area contributed by atoms with Crippen LogP contribution in [0, 0.1) is 11.3 Å². The third kappa shape index (κ3) is 3.37. The average Bonchev–Trinajstić information content (AvgIpc) is 3.29. The molecule has 3 unspecified atom stereocenters. The summed E-state index contributed by atoms with van der Waals surface area (Å²) in [4.78, 5) is 16.1. The maximum Gasteiger partial charge on any atom is 0.158 e. The summed E-state index contributed by atoms with van der Waals surface area (Å²) in [6.07, 6.45) is 8.03. The van der Waals surface area contributed by atoms with E-state index in [9.17, 15) is 0 Å². The monoisotopic (exact) mass is 447 g/mol. The number of hydrogen-bond donors (Lipinski definition) is 3. The Morgan fingerprint density at radius 3 is 2.73 bits per heavy atom. The number of nitrogen functional groups attached to an aromatic ring is 2. The van der Waals surface area contributed by atoms with E-state index in [0.29, 0.717) is 27.9 Å². The number of ether oxygens (including phenoxy) is 1. The zero-order valence-corrected chi connectivity index (χ0v) is 18.2. The molecule has 1 aliphatic carbocycles. The molecule has 3 fully saturated rings. The zero-order valence-electron chi connectivity index (χ0n) is 16.6. The molecule has 2 aliphatic heterocycles. The van der Waals surface area contributed by atoms with E-state index in [2.05, 4.69) is 19.9 Å². The summed E-state index contributed by atoms with van der Waals surface area (Å²) >= 11 is 7.57. The molecule has 3 aliphatic rings. The molecule has 3 atom stereocenters. The summed E-state index contributed by atoms with van der Waals surface area (Å²) in [5.41, 5.74) is 18.9. The first kappa shape index (κ1) is 20.1. The third-order valence-electron chi connectivity index (χ3n) is 6.96. The predicted molar refractivity (Wildman–Crippen MR) is 119 cm³/mol. The smallest absolute Gasteiger partial charge is 0.158 e. The van der Waals surface area contributed by atoms with Crippen LogP contribution in [-0.2, 0) is 4.74 Å². The Bertz CT molecular complexity index is 953. The van der Waals surface area contributed by atoms with Crippen LogP contribution in [0.5, 0.6) is 0 Å². The van der Waals surface area contributed by atoms with Gasteiger partial charge >= 0.3 is 0 Å². The Hall–Kier alpha value is -1.81. The highest BCUT2D eigenvalue weighted by Gasteiger charge is 2.54. The Labute approximate surface area is 184 Å². The molecule has 10 heteroatoms. The highest BCUT2D eigenvalue weighted by Crippen LogP contribution is 2.52. The summed E-state index contributed by atoms with van der Waals surface area (Å²) in [7, 11) is 0. The minimum Gasteiger partial charge on any atom is -0.382 e. The maximum atomic E-state index is 6.68. The van der Waals surface area contributed by atoms with Gasteiger partial charge in [-0.2, -0.15) is 0 Å². The van der Waals surface area contributed by atoms with Gasteiger partial charge in [0, 0.05) is 42.7 Å². The van der Waals surface area contributed by atoms with Gasteiger partial charge in [-0.15, -0.1) is 0 Å². The van der Waals surface area contributed by atoms with Crippen molar-refractivity contribution in [1.29, 1.82) is 0 Å². The fraction of sp³-hybridized carbons (Fsp3) is 0.550. The lowest BCUT2D eigenvalue weighted by atomic mass is 9.73. The molecule has 160 valence electrons. The van der Waals surface area contributed by atoms with Crippen molar-refractivity contribution in [3.63, 3.8) is 0 Å². The molecule has 0 radical (unpaired) electrons. The van der Waals surface area contributed by atoms with Crippen LogP contribution < -0.4 is 22.1 Å². The molecule has 5 rings (SSSR count). The van der Waals surface area contributed by atoms with Crippen LogP contribution in [0.3, 0.4) is 0 Å². The van der Waals surface area contributed by atoms with Gasteiger partial charge in [-0.05, 0) is 37.2 Å². The number of hydrogen-bond acceptors (Lipinski definition) is 9. The van der Waals surface area contributed by atoms with Gasteiger partial charge in [0.2, 0.25) is 0 Å². The Kier molecular flexibility index (Phi) is 5.17. The zero-order chi connectivity index (χ0) is 20.9. The van der Waals surface area contributed by atoms with Crippen molar-refractivity contribution in [2.45, 2.75) is 47.8 Å². The quantitative estimate of drug-likeness (QED) is 0.649. The van der Waals surface area contributed by atoms with Gasteiger partial charge in [-0.3, -0.25) is 0 Å². The van der Waals surface area contributed by atoms with Gasteiger partial charge in [0.1, 0.15) is 16.7 Å². The van der Waals surface area contributed by atoms with Crippen molar-refractivity contribution in [3.05, 3.63) is 23.5 Å². The standard InChI is InChI=1S/C20H26ClN7OS/c21-15-13(1-5-25-17(15)23)30-19-18(24)27-14(10-26-19)28-6-3-20(4-7-28)9-12-11(16(20)22)2-8-29-12/h1,5,10-12,16H,2-4,6-9,22H2,(H2,23,25)(H2,24,27). The number of nitrogens with two attached hydrogens (primary N) is 3. The summed E-state index contributed by atoms with van der Waals surface area (Å²) in [5.74, 6) is 1.99. The average molecular weight is 448 g/mol. The molecule has 1 spiro atoms. The number of halogens is 1. The molecule has 0 amide bonds. The molecule has 8 nitrogen and oxygen atoms in total. The van der Waals surface area contributed by atoms with Crippen molar-refractivity contribution >= 4 is 40.8 Å². The molecule has 0 aromatic carbocycles. The van der Waals surface area contributed by atoms with E-state index >= 15 is 0 Å². The summed E-state index contributed by atoms with van der Waals surface area (Å²) in [5, 5.41) is 0.998. The van der Waals surface area contributed by atoms with E-state index in [4.69, 9.17) is 33.5 Å². The fourth-order valence-electron chi connectivity index (χ4n) is 5.23. The second-order valence-electron chi connectivity index (χ2n) is 8.47. The molecular formula is C20H26ClN7OS. The van der Waals surface area contributed by atoms with Gasteiger partial charge in [0.25, 0.3) is 0 Å². The lowest BCUT2D eigenvalue weighted by Crippen LogP contribution is -2.49. The van der Waals surface area contributed by atoms with Crippen molar-refractivity contribution in [3.8, 4) is 0 Å². The second kappa shape index (κ2) is 7.71. The molecule has 4 heterocycles. The molecule has 2 aromatic rings. The molecule has 6 N–H and O–H groups in total. The van der Waals surface area contributed by atoms with E-state index < -0.39 is 0 Å². The van der Waals surface area contributed by atoms with E-state index in [1.165, 1.54) is 11.8 Å². The number of nitrogens with zero attached hydrogens (tertiary/aromatic N) is 4. The number of anilines is 3. The van der Waals surface area contributed by atoms with Gasteiger partial charge in [-0.1, -0.05) is 23.4 Å². The highest BCUT2D eigenvalue weighted by molar-refractivity contribution is 7.99. The van der Waals surface area contributed by atoms with E-state index in [1.54, 1.807) is 18.5 Å². The molecule has 2 aromatic heterocycles. The van der Waals surface area contributed by atoms with Crippen LogP contribution in [0.25, 0.3) is 0 Å². The Morgan fingerprint density at radius 1 is 1.20 bits per heavy atom. The Morgan fingerprint density at radius 2 is 2.00 bits per heavy atom. The van der Waals surface area contributed by atoms with Crippen molar-refractivity contribution in [2.75, 3.05) is 36.1 Å². The van der Waals surface area contributed by atoms with Gasteiger partial charge in [-0.25, -0.2) is 15.0 Å². The number of fused-ring (bicyclic) bond motifs is 1. The first-order valence-electron chi connectivity index (χ1n) is 10.3. The lowest BCUT2D eigenvalue weighted by molar-refractivity contribution is 0.0803. The molecule has 0 bridgehead atoms. The van der Waals surface area contributed by atoms with Gasteiger partial charge < -0.3 is 26.8 Å². The Balaban J connectivity index is 1.27. The largest absolute Gasteiger partial charge is 0.382 e. The van der Waals surface area contributed by atoms with Gasteiger partial charge in [0.05, 0.1) is 17.3 Å². The van der Waals surface area contributed by atoms with Crippen molar-refractivity contribution in [1.82, 2.24) is 15.0 Å². The van der Waals surface area contributed by atoms with E-state index in [0.717, 1.165) is 56.1 Å². The molecule has 30 heavy (non-hydrogen) atoms. The minimum atomic E-state index is 0.193. The highest BCUT2D eigenvalue weighted by atomic mass is 35.5. The van der Waals surface area contributed by atoms with Gasteiger partial charge in [0.15, 0.2) is 5.82 Å². The minimum absolute atomic E-state index is 0.193. The third-order valence-corrected chi connectivity index (χ3v) is 8.54. The second-order valence-corrected chi connectivity index (χ2v) is 9.88. The lowest BCUT2D eigenvalue weighted by Gasteiger charge is -2.43.